The number of methoxy groups -OCH3 is 1. The van der Waals surface area contributed by atoms with Crippen LogP contribution in [0, 0.1) is 34.0 Å². The van der Waals surface area contributed by atoms with Crippen LogP contribution >= 0.6 is 0 Å². The third kappa shape index (κ3) is 4.83. The maximum atomic E-state index is 12.7. The average Bonchev–Trinajstić information content (AvgIpc) is 3.03. The number of carboxylic acids is 2. The van der Waals surface area contributed by atoms with E-state index in [1.807, 2.05) is 20.8 Å². The zero-order chi connectivity index (χ0) is 28.8. The van der Waals surface area contributed by atoms with E-state index in [1.165, 1.54) is 0 Å². The molecular weight excluding hydrogens is 480 g/mol. The Morgan fingerprint density at radius 1 is 1.13 bits per heavy atom. The van der Waals surface area contributed by atoms with Gasteiger partial charge in [-0.15, -0.1) is 0 Å². The van der Waals surface area contributed by atoms with Crippen molar-refractivity contribution in [2.75, 3.05) is 7.11 Å². The van der Waals surface area contributed by atoms with Crippen molar-refractivity contribution in [1.29, 1.82) is 0 Å². The molecule has 212 valence electrons. The highest BCUT2D eigenvalue weighted by Gasteiger charge is 2.65. The van der Waals surface area contributed by atoms with E-state index in [2.05, 4.69) is 46.1 Å². The second kappa shape index (κ2) is 10.4. The van der Waals surface area contributed by atoms with Gasteiger partial charge in [0.05, 0.1) is 17.6 Å². The first kappa shape index (κ1) is 30.4. The molecule has 0 aromatic carbocycles. The van der Waals surface area contributed by atoms with Gasteiger partial charge in [0.25, 0.3) is 0 Å². The van der Waals surface area contributed by atoms with E-state index in [9.17, 15) is 24.9 Å². The van der Waals surface area contributed by atoms with Crippen molar-refractivity contribution in [2.24, 2.45) is 34.0 Å². The number of carboxylic acid groups (broad SMARTS) is 2. The van der Waals surface area contributed by atoms with E-state index < -0.39 is 46.3 Å². The fourth-order valence-electron chi connectivity index (χ4n) is 8.00. The van der Waals surface area contributed by atoms with E-state index in [4.69, 9.17) is 4.74 Å². The minimum Gasteiger partial charge on any atom is -0.481 e. The number of carbonyl (C=O) groups is 2. The average molecular weight is 529 g/mol. The zero-order valence-electron chi connectivity index (χ0n) is 24.4. The molecule has 0 aromatic heterocycles. The number of rotatable bonds is 11. The number of ether oxygens (including phenoxy) is 1. The molecule has 3 rings (SSSR count). The van der Waals surface area contributed by atoms with Crippen LogP contribution in [-0.2, 0) is 14.3 Å². The second-order valence-corrected chi connectivity index (χ2v) is 13.2. The predicted molar refractivity (Wildman–Crippen MR) is 150 cm³/mol. The largest absolute Gasteiger partial charge is 0.481 e. The van der Waals surface area contributed by atoms with Gasteiger partial charge in [-0.3, -0.25) is 9.59 Å². The molecule has 3 N–H and O–H groups in total. The molecule has 0 spiro atoms. The first-order valence-corrected chi connectivity index (χ1v) is 13.9. The van der Waals surface area contributed by atoms with Crippen molar-refractivity contribution in [3.8, 4) is 0 Å². The van der Waals surface area contributed by atoms with Crippen LogP contribution in [0.25, 0.3) is 0 Å². The summed E-state index contributed by atoms with van der Waals surface area (Å²) >= 11 is 0. The highest BCUT2D eigenvalue weighted by atomic mass is 16.5. The summed E-state index contributed by atoms with van der Waals surface area (Å²) in [6, 6.07) is 0. The molecule has 7 atom stereocenters. The van der Waals surface area contributed by atoms with Crippen LogP contribution in [0.5, 0.6) is 0 Å². The predicted octanol–water partition coefficient (Wildman–Crippen LogP) is 6.57. The molecule has 38 heavy (non-hydrogen) atoms. The summed E-state index contributed by atoms with van der Waals surface area (Å²) in [5.74, 6) is -2.71. The fraction of sp³-hybridized carbons (Fsp3) is 0.688. The quantitative estimate of drug-likeness (QED) is 0.262. The van der Waals surface area contributed by atoms with E-state index in [0.29, 0.717) is 32.1 Å². The minimum absolute atomic E-state index is 0.0763. The van der Waals surface area contributed by atoms with E-state index in [-0.39, 0.29) is 17.8 Å². The summed E-state index contributed by atoms with van der Waals surface area (Å²) in [5, 5.41) is 31.4. The summed E-state index contributed by atoms with van der Waals surface area (Å²) in [7, 11) is 1.62. The lowest BCUT2D eigenvalue weighted by molar-refractivity contribution is -0.148. The van der Waals surface area contributed by atoms with Crippen molar-refractivity contribution >= 4 is 11.9 Å². The molecule has 0 saturated heterocycles. The number of aliphatic hydroxyl groups is 1. The monoisotopic (exact) mass is 528 g/mol. The Labute approximate surface area is 228 Å². The second-order valence-electron chi connectivity index (χ2n) is 13.2. The van der Waals surface area contributed by atoms with Crippen LogP contribution < -0.4 is 0 Å². The SMILES string of the molecule is C=C(C)[C@@H]1CC=C2C(=CC[C@]3(C)[C@@H]([C@@H](CCC(=C)C(C)(C)OC)C(=O)O)[C@H](O)C[C@@]23C)[C@@]1(C)CCC(=O)O. The Balaban J connectivity index is 2.03. The molecule has 3 aliphatic carbocycles. The molecule has 6 heteroatoms. The summed E-state index contributed by atoms with van der Waals surface area (Å²) in [6.45, 7) is 20.8. The normalized spacial score (nSPS) is 35.4. The Hall–Kier alpha value is -2.18. The summed E-state index contributed by atoms with van der Waals surface area (Å²) < 4.78 is 5.54. The molecular formula is C32H48O6. The summed E-state index contributed by atoms with van der Waals surface area (Å²) in [4.78, 5) is 24.2. The molecule has 1 fully saturated rings. The third-order valence-electron chi connectivity index (χ3n) is 10.9. The topological polar surface area (TPSA) is 104 Å². The van der Waals surface area contributed by atoms with Crippen LogP contribution in [0.15, 0.2) is 47.6 Å². The number of aliphatic hydroxyl groups excluding tert-OH is 1. The first-order chi connectivity index (χ1) is 17.5. The maximum Gasteiger partial charge on any atom is 0.306 e. The minimum atomic E-state index is -0.886. The lowest BCUT2D eigenvalue weighted by atomic mass is 9.48. The van der Waals surface area contributed by atoms with E-state index in [0.717, 1.165) is 28.7 Å². The Bertz CT molecular complexity index is 1070. The molecule has 0 unspecified atom stereocenters. The van der Waals surface area contributed by atoms with Crippen molar-refractivity contribution in [3.63, 3.8) is 0 Å². The highest BCUT2D eigenvalue weighted by molar-refractivity contribution is 5.71. The molecule has 3 aliphatic rings. The Morgan fingerprint density at radius 3 is 2.29 bits per heavy atom. The van der Waals surface area contributed by atoms with Gasteiger partial charge in [-0.2, -0.15) is 0 Å². The van der Waals surface area contributed by atoms with Crippen LogP contribution in [0.2, 0.25) is 0 Å². The van der Waals surface area contributed by atoms with Crippen LogP contribution in [0.1, 0.15) is 86.5 Å². The van der Waals surface area contributed by atoms with Crippen LogP contribution in [0.4, 0.5) is 0 Å². The van der Waals surface area contributed by atoms with Gasteiger partial charge in [-0.25, -0.2) is 0 Å². The van der Waals surface area contributed by atoms with Gasteiger partial charge in [-0.05, 0) is 92.8 Å². The molecule has 0 bridgehead atoms. The van der Waals surface area contributed by atoms with Gasteiger partial charge in [-0.1, -0.05) is 51.7 Å². The lowest BCUT2D eigenvalue weighted by Crippen LogP contribution is -2.48. The molecule has 0 aliphatic heterocycles. The first-order valence-electron chi connectivity index (χ1n) is 13.9. The summed E-state index contributed by atoms with van der Waals surface area (Å²) in [5.41, 5.74) is 2.38. The van der Waals surface area contributed by atoms with Gasteiger partial charge < -0.3 is 20.1 Å². The molecule has 0 heterocycles. The fourth-order valence-corrected chi connectivity index (χ4v) is 8.00. The van der Waals surface area contributed by atoms with E-state index in [1.54, 1.807) is 7.11 Å². The van der Waals surface area contributed by atoms with Gasteiger partial charge in [0.2, 0.25) is 0 Å². The van der Waals surface area contributed by atoms with Gasteiger partial charge in [0.15, 0.2) is 0 Å². The van der Waals surface area contributed by atoms with Gasteiger partial charge in [0.1, 0.15) is 0 Å². The standard InChI is InChI=1S/C32H48O6/c1-19(2)22-12-13-24-23(30(22,6)16-15-26(34)35)14-17-31(7)27(25(33)18-32(24,31)8)21(28(36)37)11-10-20(3)29(4,5)38-9/h13-14,21-22,25,27,33H,1,3,10-12,15-18H2,2,4-9H3,(H,34,35)(H,36,37)/t21-,22+,25-,27+,30+,31-,32+/m1/s1. The third-order valence-corrected chi connectivity index (χ3v) is 10.9. The number of aliphatic carboxylic acids is 2. The number of allylic oxidation sites excluding steroid dienone is 5. The van der Waals surface area contributed by atoms with Crippen molar-refractivity contribution in [2.45, 2.75) is 98.2 Å². The molecule has 6 nitrogen and oxygen atoms in total. The van der Waals surface area contributed by atoms with E-state index >= 15 is 0 Å². The zero-order valence-corrected chi connectivity index (χ0v) is 24.4. The van der Waals surface area contributed by atoms with Crippen LogP contribution in [0.3, 0.4) is 0 Å². The van der Waals surface area contributed by atoms with Crippen molar-refractivity contribution < 1.29 is 29.6 Å². The van der Waals surface area contributed by atoms with Gasteiger partial charge >= 0.3 is 11.9 Å². The lowest BCUT2D eigenvalue weighted by Gasteiger charge is -2.56. The Kier molecular flexibility index (Phi) is 8.33. The molecule has 0 aromatic rings. The van der Waals surface area contributed by atoms with Crippen molar-refractivity contribution in [3.05, 3.63) is 47.6 Å². The molecule has 1 saturated carbocycles. The number of fused-ring (bicyclic) bond motifs is 3. The number of hydrogen-bond acceptors (Lipinski definition) is 4. The molecule has 0 amide bonds. The highest BCUT2D eigenvalue weighted by Crippen LogP contribution is 2.70. The maximum absolute atomic E-state index is 12.7. The van der Waals surface area contributed by atoms with Crippen LogP contribution in [-0.4, -0.2) is 46.1 Å². The number of hydrogen-bond donors (Lipinski definition) is 3. The van der Waals surface area contributed by atoms with Gasteiger partial charge in [0, 0.05) is 24.9 Å². The van der Waals surface area contributed by atoms with Crippen molar-refractivity contribution in [1.82, 2.24) is 0 Å². The smallest absolute Gasteiger partial charge is 0.306 e. The molecule has 0 radical (unpaired) electrons. The Morgan fingerprint density at radius 2 is 1.76 bits per heavy atom. The summed E-state index contributed by atoms with van der Waals surface area (Å²) in [6.07, 6.45) is 7.09.